The van der Waals surface area contributed by atoms with Crippen molar-refractivity contribution >= 4 is 58.5 Å². The van der Waals surface area contributed by atoms with Gasteiger partial charge in [0.25, 0.3) is 5.91 Å². The largest absolute Gasteiger partial charge is 0.383 e. The van der Waals surface area contributed by atoms with Crippen LogP contribution in [0.2, 0.25) is 0 Å². The van der Waals surface area contributed by atoms with Crippen molar-refractivity contribution in [2.75, 3.05) is 71.6 Å². The fraction of sp³-hybridized carbons (Fsp3) is 0.417. The molecule has 1 aliphatic heterocycles. The molecule has 1 fully saturated rings. The van der Waals surface area contributed by atoms with Gasteiger partial charge < -0.3 is 19.3 Å². The molecule has 0 atom stereocenters. The van der Waals surface area contributed by atoms with Gasteiger partial charge in [-0.25, -0.2) is 13.4 Å². The lowest BCUT2D eigenvalue weighted by Gasteiger charge is -2.34. The van der Waals surface area contributed by atoms with Crippen LogP contribution in [0.15, 0.2) is 51.8 Å². The number of benzene rings is 2. The second kappa shape index (κ2) is 12.0. The molecular weight excluding hydrogens is 568 g/mol. The first kappa shape index (κ1) is 27.0. The number of rotatable bonds is 10. The van der Waals surface area contributed by atoms with Crippen LogP contribution in [0.25, 0.3) is 10.2 Å². The van der Waals surface area contributed by atoms with Gasteiger partial charge in [-0.3, -0.25) is 4.79 Å². The average molecular weight is 598 g/mol. The first-order valence-corrected chi connectivity index (χ1v) is 14.6. The lowest BCUT2D eigenvalue weighted by atomic mass is 10.2. The lowest BCUT2D eigenvalue weighted by Crippen LogP contribution is -2.48. The zero-order valence-corrected chi connectivity index (χ0v) is 23.4. The Kier molecular flexibility index (Phi) is 8.96. The third-order valence-corrected chi connectivity index (χ3v) is 9.49. The molecule has 1 amide bonds. The van der Waals surface area contributed by atoms with Gasteiger partial charge in [-0.2, -0.15) is 4.31 Å². The summed E-state index contributed by atoms with van der Waals surface area (Å²) < 4.78 is 39.8. The van der Waals surface area contributed by atoms with Crippen molar-refractivity contribution in [1.82, 2.24) is 14.2 Å². The molecule has 3 aromatic rings. The summed E-state index contributed by atoms with van der Waals surface area (Å²) in [6.07, 6.45) is 0. The Morgan fingerprint density at radius 2 is 1.67 bits per heavy atom. The number of fused-ring (bicyclic) bond motifs is 1. The van der Waals surface area contributed by atoms with E-state index in [2.05, 4.69) is 26.9 Å². The fourth-order valence-corrected chi connectivity index (χ4v) is 6.94. The Morgan fingerprint density at radius 1 is 1.03 bits per heavy atom. The smallest absolute Gasteiger partial charge is 0.253 e. The molecule has 1 saturated heterocycles. The van der Waals surface area contributed by atoms with Gasteiger partial charge in [-0.1, -0.05) is 27.3 Å². The summed E-state index contributed by atoms with van der Waals surface area (Å²) >= 11 is 5.15. The summed E-state index contributed by atoms with van der Waals surface area (Å²) in [5.74, 6) is -0.109. The number of methoxy groups -OCH3 is 2. The van der Waals surface area contributed by atoms with E-state index < -0.39 is 10.0 Å². The average Bonchev–Trinajstić information content (AvgIpc) is 3.31. The second-order valence-electron chi connectivity index (χ2n) is 8.30. The summed E-state index contributed by atoms with van der Waals surface area (Å²) in [6.45, 7) is 3.51. The van der Waals surface area contributed by atoms with E-state index in [4.69, 9.17) is 14.5 Å². The van der Waals surface area contributed by atoms with Gasteiger partial charge >= 0.3 is 0 Å². The molecule has 0 bridgehead atoms. The number of carbonyl (C=O) groups is 1. The minimum Gasteiger partial charge on any atom is -0.383 e. The van der Waals surface area contributed by atoms with Gasteiger partial charge in [0.05, 0.1) is 28.3 Å². The number of hydrogen-bond acceptors (Lipinski definition) is 8. The number of halogens is 1. The van der Waals surface area contributed by atoms with Crippen molar-refractivity contribution in [2.24, 2.45) is 0 Å². The topological polar surface area (TPSA) is 92.3 Å². The Balaban J connectivity index is 1.39. The van der Waals surface area contributed by atoms with E-state index in [9.17, 15) is 13.2 Å². The molecule has 194 valence electrons. The number of hydrogen-bond donors (Lipinski definition) is 0. The van der Waals surface area contributed by atoms with Gasteiger partial charge in [-0.15, -0.1) is 0 Å². The van der Waals surface area contributed by atoms with Crippen molar-refractivity contribution in [1.29, 1.82) is 0 Å². The predicted molar refractivity (Wildman–Crippen MR) is 144 cm³/mol. The number of anilines is 1. The molecular formula is C24H29BrN4O5S2. The minimum absolute atomic E-state index is 0.109. The molecule has 0 spiro atoms. The van der Waals surface area contributed by atoms with E-state index >= 15 is 0 Å². The number of sulfonamides is 1. The third kappa shape index (κ3) is 6.06. The Morgan fingerprint density at radius 3 is 2.28 bits per heavy atom. The molecule has 0 unspecified atom stereocenters. The highest BCUT2D eigenvalue weighted by Gasteiger charge is 2.26. The summed E-state index contributed by atoms with van der Waals surface area (Å²) in [7, 11) is -0.677. The molecule has 36 heavy (non-hydrogen) atoms. The monoisotopic (exact) mass is 596 g/mol. The van der Waals surface area contributed by atoms with Crippen LogP contribution in [0, 0.1) is 0 Å². The summed E-state index contributed by atoms with van der Waals surface area (Å²) in [5, 5.41) is 0.955. The standard InChI is InChI=1S/C24H29BrN4O5S2/c1-33-15-13-29(14-16-34-2)36(31,32)20-6-3-18(4-7-20)23(30)27-9-11-28(12-10-27)24-26-21-8-5-19(25)17-22(21)35-24/h3-8,17H,9-16H2,1-2H3. The zero-order valence-electron chi connectivity index (χ0n) is 20.2. The van der Waals surface area contributed by atoms with Crippen molar-refractivity contribution in [3.63, 3.8) is 0 Å². The van der Waals surface area contributed by atoms with E-state index in [0.717, 1.165) is 19.8 Å². The summed E-state index contributed by atoms with van der Waals surface area (Å²) in [6, 6.07) is 12.2. The number of thiazole rings is 1. The third-order valence-electron chi connectivity index (χ3n) is 6.01. The number of aromatic nitrogens is 1. The Hall–Kier alpha value is -2.09. The van der Waals surface area contributed by atoms with Crippen molar-refractivity contribution in [3.8, 4) is 0 Å². The van der Waals surface area contributed by atoms with Crippen LogP contribution in [-0.2, 0) is 19.5 Å². The highest BCUT2D eigenvalue weighted by atomic mass is 79.9. The molecule has 0 aliphatic carbocycles. The molecule has 0 N–H and O–H groups in total. The van der Waals surface area contributed by atoms with Gasteiger partial charge in [0, 0.05) is 63.5 Å². The first-order valence-electron chi connectivity index (χ1n) is 11.5. The molecule has 12 heteroatoms. The van der Waals surface area contributed by atoms with Crippen LogP contribution in [-0.4, -0.2) is 95.2 Å². The number of carbonyl (C=O) groups excluding carboxylic acids is 1. The second-order valence-corrected chi connectivity index (χ2v) is 12.2. The first-order chi connectivity index (χ1) is 17.3. The maximum absolute atomic E-state index is 13.1. The van der Waals surface area contributed by atoms with Crippen LogP contribution in [0.3, 0.4) is 0 Å². The predicted octanol–water partition coefficient (Wildman–Crippen LogP) is 3.30. The molecule has 2 heterocycles. The van der Waals surface area contributed by atoms with Gasteiger partial charge in [-0.05, 0) is 42.5 Å². The molecule has 9 nitrogen and oxygen atoms in total. The zero-order chi connectivity index (χ0) is 25.7. The number of nitrogens with zero attached hydrogens (tertiary/aromatic N) is 4. The molecule has 1 aliphatic rings. The van der Waals surface area contributed by atoms with Crippen molar-refractivity contribution < 1.29 is 22.7 Å². The Bertz CT molecular complexity index is 1280. The number of piperazine rings is 1. The molecule has 4 rings (SSSR count). The number of ether oxygens (including phenoxy) is 2. The quantitative estimate of drug-likeness (QED) is 0.354. The van der Waals surface area contributed by atoms with Gasteiger partial charge in [0.2, 0.25) is 10.0 Å². The van der Waals surface area contributed by atoms with E-state index in [0.29, 0.717) is 31.7 Å². The van der Waals surface area contributed by atoms with Crippen LogP contribution >= 0.6 is 27.3 Å². The Labute approximate surface area is 223 Å². The SMILES string of the molecule is COCCN(CCOC)S(=O)(=O)c1ccc(C(=O)N2CCN(c3nc4ccc(Br)cc4s3)CC2)cc1. The summed E-state index contributed by atoms with van der Waals surface area (Å²) in [5.41, 5.74) is 1.43. The van der Waals surface area contributed by atoms with Gasteiger partial charge in [0.1, 0.15) is 0 Å². The van der Waals surface area contributed by atoms with E-state index in [1.807, 2.05) is 12.1 Å². The van der Waals surface area contributed by atoms with E-state index in [-0.39, 0.29) is 37.1 Å². The van der Waals surface area contributed by atoms with Crippen molar-refractivity contribution in [2.45, 2.75) is 4.90 Å². The van der Waals surface area contributed by atoms with Crippen LogP contribution in [0.1, 0.15) is 10.4 Å². The van der Waals surface area contributed by atoms with Crippen LogP contribution in [0.4, 0.5) is 5.13 Å². The fourth-order valence-electron chi connectivity index (χ4n) is 3.96. The molecule has 0 radical (unpaired) electrons. The lowest BCUT2D eigenvalue weighted by molar-refractivity contribution is 0.0746. The molecule has 1 aromatic heterocycles. The number of amides is 1. The molecule has 2 aromatic carbocycles. The highest BCUT2D eigenvalue weighted by Crippen LogP contribution is 2.31. The maximum atomic E-state index is 13.1. The molecule has 0 saturated carbocycles. The normalized spacial score (nSPS) is 14.7. The highest BCUT2D eigenvalue weighted by molar-refractivity contribution is 9.10. The van der Waals surface area contributed by atoms with Crippen LogP contribution in [0.5, 0.6) is 0 Å². The van der Waals surface area contributed by atoms with Crippen LogP contribution < -0.4 is 4.90 Å². The maximum Gasteiger partial charge on any atom is 0.253 e. The van der Waals surface area contributed by atoms with Crippen molar-refractivity contribution in [3.05, 3.63) is 52.5 Å². The minimum atomic E-state index is -3.73. The van der Waals surface area contributed by atoms with E-state index in [1.54, 1.807) is 28.4 Å². The van der Waals surface area contributed by atoms with Gasteiger partial charge in [0.15, 0.2) is 5.13 Å². The van der Waals surface area contributed by atoms with E-state index in [1.165, 1.54) is 30.7 Å². The summed E-state index contributed by atoms with van der Waals surface area (Å²) in [4.78, 5) is 22.0.